The van der Waals surface area contributed by atoms with Crippen LogP contribution in [0.5, 0.6) is 0 Å². The Morgan fingerprint density at radius 3 is 2.53 bits per heavy atom. The summed E-state index contributed by atoms with van der Waals surface area (Å²) in [5.41, 5.74) is 0.609. The van der Waals surface area contributed by atoms with Gasteiger partial charge in [0.1, 0.15) is 5.82 Å². The van der Waals surface area contributed by atoms with E-state index in [2.05, 4.69) is 15.2 Å². The van der Waals surface area contributed by atoms with Gasteiger partial charge in [-0.15, -0.1) is 10.2 Å². The smallest absolute Gasteiger partial charge is 0.174 e. The van der Waals surface area contributed by atoms with Crippen molar-refractivity contribution in [2.45, 2.75) is 0 Å². The van der Waals surface area contributed by atoms with Crippen LogP contribution in [0.2, 0.25) is 0 Å². The molecule has 0 radical (unpaired) electrons. The Kier molecular flexibility index (Phi) is 2.53. The molecule has 0 unspecified atom stereocenters. The van der Waals surface area contributed by atoms with Crippen LogP contribution >= 0.6 is 0 Å². The molecule has 1 aromatic carbocycles. The summed E-state index contributed by atoms with van der Waals surface area (Å²) in [5, 5.41) is 7.92. The number of azo groups is 1. The molecule has 0 saturated carbocycles. The third kappa shape index (κ3) is 2.25. The Morgan fingerprint density at radius 2 is 1.93 bits per heavy atom. The summed E-state index contributed by atoms with van der Waals surface area (Å²) in [5.74, 6) is 0.369. The molecule has 1 aromatic heterocycles. The lowest BCUT2D eigenvalue weighted by molar-refractivity contribution is 0.628. The molecule has 0 aliphatic carbocycles. The Morgan fingerprint density at radius 1 is 1.20 bits per heavy atom. The van der Waals surface area contributed by atoms with Crippen molar-refractivity contribution in [3.05, 3.63) is 42.6 Å². The number of hydrogen-bond acceptors (Lipinski definition) is 3. The normalized spacial score (nSPS) is 11.1. The van der Waals surface area contributed by atoms with Gasteiger partial charge < -0.3 is 4.57 Å². The summed E-state index contributed by atoms with van der Waals surface area (Å²) in [6.45, 7) is 0. The van der Waals surface area contributed by atoms with E-state index in [0.29, 0.717) is 11.5 Å². The molecule has 5 heteroatoms. The Labute approximate surface area is 86.1 Å². The van der Waals surface area contributed by atoms with Crippen molar-refractivity contribution in [3.8, 4) is 0 Å². The number of hydrogen-bond donors (Lipinski definition) is 0. The number of nitrogens with zero attached hydrogens (tertiary/aromatic N) is 4. The monoisotopic (exact) mass is 204 g/mol. The zero-order valence-corrected chi connectivity index (χ0v) is 8.13. The van der Waals surface area contributed by atoms with Crippen LogP contribution in [0.1, 0.15) is 0 Å². The second-order valence-electron chi connectivity index (χ2n) is 3.04. The molecule has 15 heavy (non-hydrogen) atoms. The lowest BCUT2D eigenvalue weighted by atomic mass is 10.3. The van der Waals surface area contributed by atoms with E-state index < -0.39 is 0 Å². The highest BCUT2D eigenvalue weighted by Crippen LogP contribution is 2.17. The van der Waals surface area contributed by atoms with Crippen molar-refractivity contribution >= 4 is 11.5 Å². The van der Waals surface area contributed by atoms with Crippen molar-refractivity contribution in [2.75, 3.05) is 0 Å². The van der Waals surface area contributed by atoms with E-state index >= 15 is 0 Å². The van der Waals surface area contributed by atoms with Crippen LogP contribution in [0.4, 0.5) is 15.9 Å². The molecule has 0 amide bonds. The first-order valence-corrected chi connectivity index (χ1v) is 4.39. The molecule has 2 aromatic rings. The van der Waals surface area contributed by atoms with E-state index in [9.17, 15) is 4.39 Å². The van der Waals surface area contributed by atoms with Crippen molar-refractivity contribution in [3.63, 3.8) is 0 Å². The Balaban J connectivity index is 2.19. The first-order valence-electron chi connectivity index (χ1n) is 4.39. The van der Waals surface area contributed by atoms with Gasteiger partial charge in [0.2, 0.25) is 0 Å². The van der Waals surface area contributed by atoms with E-state index in [1.165, 1.54) is 12.1 Å². The summed E-state index contributed by atoms with van der Waals surface area (Å²) >= 11 is 0. The lowest BCUT2D eigenvalue weighted by Crippen LogP contribution is -1.80. The first kappa shape index (κ1) is 9.51. The average Bonchev–Trinajstić information content (AvgIpc) is 2.63. The van der Waals surface area contributed by atoms with Crippen LogP contribution in [0.25, 0.3) is 0 Å². The second-order valence-corrected chi connectivity index (χ2v) is 3.04. The van der Waals surface area contributed by atoms with Gasteiger partial charge in [-0.3, -0.25) is 0 Å². The number of rotatable bonds is 2. The Hall–Kier alpha value is -2.04. The van der Waals surface area contributed by atoms with Gasteiger partial charge in [0, 0.05) is 7.05 Å². The van der Waals surface area contributed by atoms with Gasteiger partial charge in [-0.05, 0) is 24.3 Å². The van der Waals surface area contributed by atoms with Gasteiger partial charge >= 0.3 is 0 Å². The highest BCUT2D eigenvalue weighted by Gasteiger charge is 1.95. The lowest BCUT2D eigenvalue weighted by Gasteiger charge is -1.93. The number of benzene rings is 1. The van der Waals surface area contributed by atoms with Crippen LogP contribution in [0.15, 0.2) is 47.0 Å². The summed E-state index contributed by atoms with van der Waals surface area (Å²) in [6.07, 6.45) is 3.24. The van der Waals surface area contributed by atoms with E-state index in [4.69, 9.17) is 0 Å². The number of imidazole rings is 1. The van der Waals surface area contributed by atoms with Gasteiger partial charge in [-0.25, -0.2) is 9.37 Å². The molecule has 2 rings (SSSR count). The van der Waals surface area contributed by atoms with Gasteiger partial charge in [-0.1, -0.05) is 0 Å². The third-order valence-electron chi connectivity index (χ3n) is 1.89. The quantitative estimate of drug-likeness (QED) is 0.693. The van der Waals surface area contributed by atoms with Crippen molar-refractivity contribution in [2.24, 2.45) is 17.3 Å². The minimum absolute atomic E-state index is 0.283. The summed E-state index contributed by atoms with van der Waals surface area (Å²) < 4.78 is 14.3. The maximum Gasteiger partial charge on any atom is 0.174 e. The molecule has 0 bridgehead atoms. The summed E-state index contributed by atoms with van der Waals surface area (Å²) in [6, 6.07) is 5.82. The van der Waals surface area contributed by atoms with Crippen molar-refractivity contribution < 1.29 is 4.39 Å². The average molecular weight is 204 g/mol. The molecule has 0 aliphatic rings. The zero-order chi connectivity index (χ0) is 10.7. The molecule has 4 nitrogen and oxygen atoms in total. The fourth-order valence-electron chi connectivity index (χ4n) is 1.06. The standard InChI is InChI=1S/C10H9FN4/c1-15-7-12-6-10(15)14-13-9-4-2-8(11)3-5-9/h2-7H,1H3. The molecule has 0 atom stereocenters. The largest absolute Gasteiger partial charge is 0.317 e. The van der Waals surface area contributed by atoms with Crippen molar-refractivity contribution in [1.82, 2.24) is 9.55 Å². The third-order valence-corrected chi connectivity index (χ3v) is 1.89. The van der Waals surface area contributed by atoms with Gasteiger partial charge in [0.25, 0.3) is 0 Å². The summed E-state index contributed by atoms with van der Waals surface area (Å²) in [4.78, 5) is 3.90. The van der Waals surface area contributed by atoms with Crippen LogP contribution < -0.4 is 0 Å². The Bertz CT molecular complexity index is 472. The SMILES string of the molecule is Cn1cncc1N=Nc1ccc(F)cc1. The van der Waals surface area contributed by atoms with Crippen LogP contribution in [-0.4, -0.2) is 9.55 Å². The van der Waals surface area contributed by atoms with Gasteiger partial charge in [0.05, 0.1) is 18.2 Å². The molecule has 0 N–H and O–H groups in total. The highest BCUT2D eigenvalue weighted by atomic mass is 19.1. The predicted molar refractivity (Wildman–Crippen MR) is 53.8 cm³/mol. The fourth-order valence-corrected chi connectivity index (χ4v) is 1.06. The van der Waals surface area contributed by atoms with Crippen LogP contribution in [0, 0.1) is 5.82 Å². The highest BCUT2D eigenvalue weighted by molar-refractivity contribution is 5.36. The van der Waals surface area contributed by atoms with Gasteiger partial charge in [-0.2, -0.15) is 0 Å². The van der Waals surface area contributed by atoms with E-state index in [1.54, 1.807) is 29.2 Å². The zero-order valence-electron chi connectivity index (χ0n) is 8.13. The molecule has 0 saturated heterocycles. The van der Waals surface area contributed by atoms with Crippen molar-refractivity contribution in [1.29, 1.82) is 0 Å². The molecule has 0 spiro atoms. The second kappa shape index (κ2) is 4.00. The molecule has 76 valence electrons. The number of aryl methyl sites for hydroxylation is 1. The topological polar surface area (TPSA) is 42.5 Å². The predicted octanol–water partition coefficient (Wildman–Crippen LogP) is 2.97. The molecule has 1 heterocycles. The minimum Gasteiger partial charge on any atom is -0.317 e. The van der Waals surface area contributed by atoms with E-state index in [-0.39, 0.29) is 5.82 Å². The van der Waals surface area contributed by atoms with E-state index in [1.807, 2.05) is 7.05 Å². The van der Waals surface area contributed by atoms with Crippen LogP contribution in [0.3, 0.4) is 0 Å². The molecular weight excluding hydrogens is 195 g/mol. The first-order chi connectivity index (χ1) is 7.25. The van der Waals surface area contributed by atoms with Crippen LogP contribution in [-0.2, 0) is 7.05 Å². The molecular formula is C10H9FN4. The maximum atomic E-state index is 12.6. The van der Waals surface area contributed by atoms with Gasteiger partial charge in [0.15, 0.2) is 5.82 Å². The maximum absolute atomic E-state index is 12.6. The van der Waals surface area contributed by atoms with E-state index in [0.717, 1.165) is 0 Å². The fraction of sp³-hybridized carbons (Fsp3) is 0.100. The summed E-state index contributed by atoms with van der Waals surface area (Å²) in [7, 11) is 1.83. The minimum atomic E-state index is -0.283. The number of halogens is 1. The number of aromatic nitrogens is 2. The molecule has 0 fully saturated rings. The molecule has 0 aliphatic heterocycles.